The van der Waals surface area contributed by atoms with Gasteiger partial charge in [-0.05, 0) is 31.4 Å². The van der Waals surface area contributed by atoms with Crippen LogP contribution in [0.15, 0.2) is 29.8 Å². The van der Waals surface area contributed by atoms with Crippen molar-refractivity contribution in [2.24, 2.45) is 0 Å². The van der Waals surface area contributed by atoms with Crippen LogP contribution in [0.4, 0.5) is 0 Å². The molecule has 0 bridgehead atoms. The lowest BCUT2D eigenvalue weighted by Gasteiger charge is -2.14. The zero-order valence-corrected chi connectivity index (χ0v) is 12.5. The smallest absolute Gasteiger partial charge is 0.349 e. The Morgan fingerprint density at radius 2 is 1.91 bits per heavy atom. The van der Waals surface area contributed by atoms with Crippen LogP contribution in [0.5, 0.6) is 0 Å². The maximum Gasteiger partial charge on any atom is 0.349 e. The van der Waals surface area contributed by atoms with Gasteiger partial charge in [-0.25, -0.2) is 4.79 Å². The molecule has 1 amide bonds. The molecule has 1 aromatic rings. The average Bonchev–Trinajstić information content (AvgIpc) is 3.06. The van der Waals surface area contributed by atoms with Crippen LogP contribution in [-0.2, 0) is 14.3 Å². The van der Waals surface area contributed by atoms with Gasteiger partial charge in [-0.15, -0.1) is 0 Å². The molecule has 0 radical (unpaired) electrons. The molecule has 22 heavy (non-hydrogen) atoms. The van der Waals surface area contributed by atoms with Crippen LogP contribution in [0.25, 0.3) is 6.08 Å². The van der Waals surface area contributed by atoms with Crippen LogP contribution < -0.4 is 0 Å². The van der Waals surface area contributed by atoms with Gasteiger partial charge in [0, 0.05) is 13.1 Å². The van der Waals surface area contributed by atoms with Gasteiger partial charge in [0.2, 0.25) is 0 Å². The van der Waals surface area contributed by atoms with Crippen LogP contribution in [0, 0.1) is 18.3 Å². The molecule has 0 spiro atoms. The van der Waals surface area contributed by atoms with Gasteiger partial charge >= 0.3 is 5.97 Å². The topological polar surface area (TPSA) is 70.4 Å². The summed E-state index contributed by atoms with van der Waals surface area (Å²) in [5.41, 5.74) is 1.72. The molecule has 0 saturated carbocycles. The monoisotopic (exact) mass is 298 g/mol. The van der Waals surface area contributed by atoms with Gasteiger partial charge in [-0.1, -0.05) is 29.8 Å². The minimum absolute atomic E-state index is 0.113. The van der Waals surface area contributed by atoms with Crippen LogP contribution in [-0.4, -0.2) is 36.5 Å². The van der Waals surface area contributed by atoms with Gasteiger partial charge in [0.15, 0.2) is 6.61 Å². The van der Waals surface area contributed by atoms with E-state index in [1.54, 1.807) is 4.90 Å². The summed E-state index contributed by atoms with van der Waals surface area (Å²) in [6.07, 6.45) is 3.43. The van der Waals surface area contributed by atoms with E-state index in [1.165, 1.54) is 6.08 Å². The summed E-state index contributed by atoms with van der Waals surface area (Å²) in [7, 11) is 0. The number of amides is 1. The normalized spacial score (nSPS) is 14.5. The minimum atomic E-state index is -0.768. The number of benzene rings is 1. The van der Waals surface area contributed by atoms with Gasteiger partial charge in [0.05, 0.1) is 0 Å². The summed E-state index contributed by atoms with van der Waals surface area (Å²) in [5.74, 6) is -0.978. The molecule has 1 aliphatic rings. The third kappa shape index (κ3) is 4.19. The van der Waals surface area contributed by atoms with Crippen molar-refractivity contribution in [1.82, 2.24) is 4.90 Å². The molecule has 5 heteroatoms. The first-order valence-electron chi connectivity index (χ1n) is 7.23. The number of nitrogens with zero attached hydrogens (tertiary/aromatic N) is 2. The fourth-order valence-corrected chi connectivity index (χ4v) is 2.23. The second-order valence-electron chi connectivity index (χ2n) is 5.24. The summed E-state index contributed by atoms with van der Waals surface area (Å²) >= 11 is 0. The highest BCUT2D eigenvalue weighted by Gasteiger charge is 2.20. The molecule has 0 aliphatic carbocycles. The highest BCUT2D eigenvalue weighted by molar-refractivity contribution is 5.98. The predicted octanol–water partition coefficient (Wildman–Crippen LogP) is 2.07. The molecule has 0 unspecified atom stereocenters. The summed E-state index contributed by atoms with van der Waals surface area (Å²) in [4.78, 5) is 25.4. The Labute approximate surface area is 129 Å². The molecule has 0 aromatic heterocycles. The first kappa shape index (κ1) is 15.8. The molecule has 1 aliphatic heterocycles. The van der Waals surface area contributed by atoms with Gasteiger partial charge < -0.3 is 9.64 Å². The maximum atomic E-state index is 11.9. The molecule has 5 nitrogen and oxygen atoms in total. The number of carbonyl (C=O) groups excluding carboxylic acids is 2. The van der Waals surface area contributed by atoms with E-state index >= 15 is 0 Å². The Hall–Kier alpha value is -2.61. The number of esters is 1. The van der Waals surface area contributed by atoms with E-state index in [4.69, 9.17) is 10.00 Å². The van der Waals surface area contributed by atoms with Crippen molar-refractivity contribution >= 4 is 18.0 Å². The zero-order chi connectivity index (χ0) is 15.9. The lowest BCUT2D eigenvalue weighted by Crippen LogP contribution is -2.32. The van der Waals surface area contributed by atoms with Gasteiger partial charge in [0.25, 0.3) is 5.91 Å². The standard InChI is InChI=1S/C17H18N2O3/c1-13-4-6-14(7-5-13)10-15(11-18)17(21)22-12-16(20)19-8-2-3-9-19/h4-7,10H,2-3,8-9,12H2,1H3/b15-10+. The number of nitriles is 1. The second-order valence-corrected chi connectivity index (χ2v) is 5.24. The summed E-state index contributed by atoms with van der Waals surface area (Å²) < 4.78 is 4.94. The number of likely N-dealkylation sites (tertiary alicyclic amines) is 1. The average molecular weight is 298 g/mol. The zero-order valence-electron chi connectivity index (χ0n) is 12.5. The molecule has 114 valence electrons. The van der Waals surface area contributed by atoms with Crippen molar-refractivity contribution < 1.29 is 14.3 Å². The second kappa shape index (κ2) is 7.41. The Kier molecular flexibility index (Phi) is 5.31. The van der Waals surface area contributed by atoms with E-state index in [0.717, 1.165) is 24.0 Å². The van der Waals surface area contributed by atoms with Crippen LogP contribution in [0.3, 0.4) is 0 Å². The highest BCUT2D eigenvalue weighted by Crippen LogP contribution is 2.11. The molecular formula is C17H18N2O3. The summed E-state index contributed by atoms with van der Waals surface area (Å²) in [6.45, 7) is 3.06. The number of aryl methyl sites for hydroxylation is 1. The van der Waals surface area contributed by atoms with E-state index in [2.05, 4.69) is 0 Å². The Morgan fingerprint density at radius 3 is 2.50 bits per heavy atom. The van der Waals surface area contributed by atoms with Crippen molar-refractivity contribution in [1.29, 1.82) is 5.26 Å². The van der Waals surface area contributed by atoms with Gasteiger partial charge in [-0.3, -0.25) is 4.79 Å². The van der Waals surface area contributed by atoms with E-state index in [0.29, 0.717) is 13.1 Å². The number of carbonyl (C=O) groups is 2. The summed E-state index contributed by atoms with van der Waals surface area (Å²) in [5, 5.41) is 9.07. The number of hydrogen-bond donors (Lipinski definition) is 0. The molecule has 1 saturated heterocycles. The van der Waals surface area contributed by atoms with Gasteiger partial charge in [-0.2, -0.15) is 5.26 Å². The third-order valence-electron chi connectivity index (χ3n) is 3.51. The third-order valence-corrected chi connectivity index (χ3v) is 3.51. The fourth-order valence-electron chi connectivity index (χ4n) is 2.23. The van der Waals surface area contributed by atoms with E-state index in [1.807, 2.05) is 37.3 Å². The Morgan fingerprint density at radius 1 is 1.27 bits per heavy atom. The first-order chi connectivity index (χ1) is 10.6. The maximum absolute atomic E-state index is 11.9. The van der Waals surface area contributed by atoms with Crippen molar-refractivity contribution in [3.05, 3.63) is 41.0 Å². The highest BCUT2D eigenvalue weighted by atomic mass is 16.5. The minimum Gasteiger partial charge on any atom is -0.451 e. The Balaban J connectivity index is 1.95. The van der Waals surface area contributed by atoms with Crippen LogP contribution >= 0.6 is 0 Å². The van der Waals surface area contributed by atoms with Crippen molar-refractivity contribution in [3.8, 4) is 6.07 Å². The lowest BCUT2D eigenvalue weighted by atomic mass is 10.1. The van der Waals surface area contributed by atoms with Crippen molar-refractivity contribution in [3.63, 3.8) is 0 Å². The lowest BCUT2D eigenvalue weighted by molar-refractivity contribution is -0.148. The SMILES string of the molecule is Cc1ccc(/C=C(\C#N)C(=O)OCC(=O)N2CCCC2)cc1. The summed E-state index contributed by atoms with van der Waals surface area (Å²) in [6, 6.07) is 9.23. The number of rotatable bonds is 4. The van der Waals surface area contributed by atoms with E-state index in [9.17, 15) is 9.59 Å². The van der Waals surface area contributed by atoms with Crippen LogP contribution in [0.1, 0.15) is 24.0 Å². The van der Waals surface area contributed by atoms with E-state index < -0.39 is 5.97 Å². The largest absolute Gasteiger partial charge is 0.451 e. The molecule has 1 heterocycles. The quantitative estimate of drug-likeness (QED) is 0.485. The molecule has 2 rings (SSSR count). The fraction of sp³-hybridized carbons (Fsp3) is 0.353. The van der Waals surface area contributed by atoms with Crippen molar-refractivity contribution in [2.45, 2.75) is 19.8 Å². The van der Waals surface area contributed by atoms with Crippen LogP contribution in [0.2, 0.25) is 0 Å². The molecule has 0 atom stereocenters. The number of hydrogen-bond acceptors (Lipinski definition) is 4. The van der Waals surface area contributed by atoms with E-state index in [-0.39, 0.29) is 18.1 Å². The Bertz CT molecular complexity index is 620. The predicted molar refractivity (Wildman–Crippen MR) is 81.5 cm³/mol. The molecular weight excluding hydrogens is 280 g/mol. The first-order valence-corrected chi connectivity index (χ1v) is 7.23. The molecule has 0 N–H and O–H groups in total. The molecule has 1 aromatic carbocycles. The molecule has 1 fully saturated rings. The van der Waals surface area contributed by atoms with Crippen molar-refractivity contribution in [2.75, 3.05) is 19.7 Å². The van der Waals surface area contributed by atoms with Gasteiger partial charge in [0.1, 0.15) is 11.6 Å². The number of ether oxygens (including phenoxy) is 1.